The van der Waals surface area contributed by atoms with Gasteiger partial charge in [0, 0.05) is 24.6 Å². The van der Waals surface area contributed by atoms with Gasteiger partial charge in [0.15, 0.2) is 0 Å². The van der Waals surface area contributed by atoms with Crippen LogP contribution in [-0.2, 0) is 0 Å². The highest BCUT2D eigenvalue weighted by Crippen LogP contribution is 2.30. The van der Waals surface area contributed by atoms with E-state index in [4.69, 9.17) is 0 Å². The van der Waals surface area contributed by atoms with Crippen LogP contribution >= 0.6 is 0 Å². The molecule has 0 bridgehead atoms. The third kappa shape index (κ3) is 3.74. The Kier molecular flexibility index (Phi) is 5.26. The molecule has 0 aromatic rings. The van der Waals surface area contributed by atoms with Gasteiger partial charge in [0.25, 0.3) is 0 Å². The van der Waals surface area contributed by atoms with E-state index in [9.17, 15) is 5.11 Å². The van der Waals surface area contributed by atoms with Gasteiger partial charge in [-0.15, -0.1) is 0 Å². The maximum atomic E-state index is 9.37. The molecule has 1 fully saturated rings. The maximum absolute atomic E-state index is 9.37. The van der Waals surface area contributed by atoms with E-state index in [0.29, 0.717) is 6.04 Å². The van der Waals surface area contributed by atoms with Crippen LogP contribution in [0.4, 0.5) is 0 Å². The van der Waals surface area contributed by atoms with E-state index in [0.717, 1.165) is 24.8 Å². The first kappa shape index (κ1) is 14.0. The molecule has 0 aliphatic heterocycles. The lowest BCUT2D eigenvalue weighted by Gasteiger charge is -2.35. The summed E-state index contributed by atoms with van der Waals surface area (Å²) in [6, 6.07) is 0.670. The van der Waals surface area contributed by atoms with Gasteiger partial charge < -0.3 is 10.4 Å². The molecule has 16 heavy (non-hydrogen) atoms. The topological polar surface area (TPSA) is 32.3 Å². The molecule has 0 aromatic heterocycles. The van der Waals surface area contributed by atoms with Crippen molar-refractivity contribution in [2.75, 3.05) is 13.2 Å². The van der Waals surface area contributed by atoms with E-state index in [1.807, 2.05) is 0 Å². The van der Waals surface area contributed by atoms with Gasteiger partial charge in [0.05, 0.1) is 0 Å². The van der Waals surface area contributed by atoms with Crippen molar-refractivity contribution in [2.45, 2.75) is 59.4 Å². The summed E-state index contributed by atoms with van der Waals surface area (Å²) in [7, 11) is 0. The molecule has 2 heteroatoms. The zero-order valence-electron chi connectivity index (χ0n) is 11.4. The van der Waals surface area contributed by atoms with Crippen LogP contribution in [0.2, 0.25) is 0 Å². The van der Waals surface area contributed by atoms with Crippen molar-refractivity contribution in [2.24, 2.45) is 17.3 Å². The standard InChI is InChI=1S/C14H29NO/c1-5-14(4,10-16)9-15-13-7-6-11(2)12(3)8-13/h11-13,15-16H,5-10H2,1-4H3. The molecule has 4 unspecified atom stereocenters. The first-order valence-electron chi connectivity index (χ1n) is 6.85. The van der Waals surface area contributed by atoms with Gasteiger partial charge in [-0.3, -0.25) is 0 Å². The third-order valence-electron chi connectivity index (χ3n) is 4.65. The number of aliphatic hydroxyl groups is 1. The number of hydrogen-bond donors (Lipinski definition) is 2. The second-order valence-corrected chi connectivity index (χ2v) is 6.17. The molecule has 1 rings (SSSR count). The maximum Gasteiger partial charge on any atom is 0.0496 e. The Bertz CT molecular complexity index is 201. The van der Waals surface area contributed by atoms with E-state index in [2.05, 4.69) is 33.0 Å². The van der Waals surface area contributed by atoms with Crippen molar-refractivity contribution >= 4 is 0 Å². The van der Waals surface area contributed by atoms with Crippen LogP contribution in [0, 0.1) is 17.3 Å². The zero-order chi connectivity index (χ0) is 12.2. The van der Waals surface area contributed by atoms with Gasteiger partial charge in [-0.05, 0) is 37.5 Å². The molecule has 96 valence electrons. The second-order valence-electron chi connectivity index (χ2n) is 6.17. The van der Waals surface area contributed by atoms with Crippen LogP contribution < -0.4 is 5.32 Å². The van der Waals surface area contributed by atoms with Gasteiger partial charge in [0.2, 0.25) is 0 Å². The van der Waals surface area contributed by atoms with Gasteiger partial charge in [-0.1, -0.05) is 27.7 Å². The predicted octanol–water partition coefficient (Wildman–Crippen LogP) is 2.81. The van der Waals surface area contributed by atoms with E-state index in [1.165, 1.54) is 19.3 Å². The molecule has 0 spiro atoms. The summed E-state index contributed by atoms with van der Waals surface area (Å²) in [5.41, 5.74) is 0.0618. The average Bonchev–Trinajstić information content (AvgIpc) is 2.30. The first-order chi connectivity index (χ1) is 7.50. The van der Waals surface area contributed by atoms with E-state index in [-0.39, 0.29) is 12.0 Å². The Morgan fingerprint density at radius 2 is 1.94 bits per heavy atom. The lowest BCUT2D eigenvalue weighted by molar-refractivity contribution is 0.123. The smallest absolute Gasteiger partial charge is 0.0496 e. The van der Waals surface area contributed by atoms with Crippen molar-refractivity contribution in [3.05, 3.63) is 0 Å². The molecule has 0 amide bonds. The van der Waals surface area contributed by atoms with E-state index in [1.54, 1.807) is 0 Å². The number of rotatable bonds is 5. The monoisotopic (exact) mass is 227 g/mol. The van der Waals surface area contributed by atoms with Crippen molar-refractivity contribution in [1.29, 1.82) is 0 Å². The van der Waals surface area contributed by atoms with Gasteiger partial charge in [0.1, 0.15) is 0 Å². The van der Waals surface area contributed by atoms with E-state index >= 15 is 0 Å². The molecule has 0 saturated heterocycles. The molecule has 1 aliphatic carbocycles. The van der Waals surface area contributed by atoms with Crippen LogP contribution in [-0.4, -0.2) is 24.3 Å². The Hall–Kier alpha value is -0.0800. The minimum Gasteiger partial charge on any atom is -0.396 e. The Balaban J connectivity index is 2.33. The summed E-state index contributed by atoms with van der Waals surface area (Å²) in [6.45, 7) is 10.3. The molecule has 0 radical (unpaired) electrons. The predicted molar refractivity (Wildman–Crippen MR) is 69.5 cm³/mol. The summed E-state index contributed by atoms with van der Waals surface area (Å²) >= 11 is 0. The quantitative estimate of drug-likeness (QED) is 0.757. The van der Waals surface area contributed by atoms with Crippen molar-refractivity contribution in [1.82, 2.24) is 5.32 Å². The fraction of sp³-hybridized carbons (Fsp3) is 1.00. The highest BCUT2D eigenvalue weighted by atomic mass is 16.3. The van der Waals surface area contributed by atoms with Crippen molar-refractivity contribution in [3.63, 3.8) is 0 Å². The zero-order valence-corrected chi connectivity index (χ0v) is 11.4. The molecule has 4 atom stereocenters. The average molecular weight is 227 g/mol. The number of aliphatic hydroxyl groups excluding tert-OH is 1. The minimum atomic E-state index is 0.0618. The largest absolute Gasteiger partial charge is 0.396 e. The summed E-state index contributed by atoms with van der Waals surface area (Å²) in [4.78, 5) is 0. The normalized spacial score (nSPS) is 34.7. The van der Waals surface area contributed by atoms with Gasteiger partial charge >= 0.3 is 0 Å². The fourth-order valence-corrected chi connectivity index (χ4v) is 2.42. The third-order valence-corrected chi connectivity index (χ3v) is 4.65. The molecule has 1 saturated carbocycles. The highest BCUT2D eigenvalue weighted by molar-refractivity contribution is 4.83. The molecule has 0 heterocycles. The van der Waals surface area contributed by atoms with Gasteiger partial charge in [-0.25, -0.2) is 0 Å². The minimum absolute atomic E-state index is 0.0618. The molecular weight excluding hydrogens is 198 g/mol. The molecular formula is C14H29NO. The van der Waals surface area contributed by atoms with E-state index < -0.39 is 0 Å². The van der Waals surface area contributed by atoms with Crippen LogP contribution in [0.15, 0.2) is 0 Å². The van der Waals surface area contributed by atoms with Crippen LogP contribution in [0.3, 0.4) is 0 Å². The molecule has 2 N–H and O–H groups in total. The Labute approximate surface area is 101 Å². The summed E-state index contributed by atoms with van der Waals surface area (Å²) in [5.74, 6) is 1.72. The second kappa shape index (κ2) is 6.02. The van der Waals surface area contributed by atoms with Crippen LogP contribution in [0.1, 0.15) is 53.4 Å². The summed E-state index contributed by atoms with van der Waals surface area (Å²) in [6.07, 6.45) is 4.99. The van der Waals surface area contributed by atoms with Gasteiger partial charge in [-0.2, -0.15) is 0 Å². The fourth-order valence-electron chi connectivity index (χ4n) is 2.42. The van der Waals surface area contributed by atoms with Crippen LogP contribution in [0.25, 0.3) is 0 Å². The first-order valence-corrected chi connectivity index (χ1v) is 6.85. The SMILES string of the molecule is CCC(C)(CO)CNC1CCC(C)C(C)C1. The molecule has 0 aromatic carbocycles. The number of hydrogen-bond acceptors (Lipinski definition) is 2. The van der Waals surface area contributed by atoms with Crippen molar-refractivity contribution in [3.8, 4) is 0 Å². The molecule has 2 nitrogen and oxygen atoms in total. The Morgan fingerprint density at radius 3 is 2.44 bits per heavy atom. The Morgan fingerprint density at radius 1 is 1.25 bits per heavy atom. The number of nitrogens with one attached hydrogen (secondary N) is 1. The molecule has 1 aliphatic rings. The summed E-state index contributed by atoms with van der Waals surface area (Å²) in [5, 5.41) is 13.0. The lowest BCUT2D eigenvalue weighted by atomic mass is 9.78. The van der Waals surface area contributed by atoms with Crippen LogP contribution in [0.5, 0.6) is 0 Å². The lowest BCUT2D eigenvalue weighted by Crippen LogP contribution is -2.43. The summed E-state index contributed by atoms with van der Waals surface area (Å²) < 4.78 is 0. The van der Waals surface area contributed by atoms with Crippen molar-refractivity contribution < 1.29 is 5.11 Å². The highest BCUT2D eigenvalue weighted by Gasteiger charge is 2.27.